The van der Waals surface area contributed by atoms with Crippen molar-refractivity contribution in [2.75, 3.05) is 5.73 Å². The number of oxazole rings is 1. The Labute approximate surface area is 138 Å². The van der Waals surface area contributed by atoms with Crippen LogP contribution in [0.2, 0.25) is 0 Å². The lowest BCUT2D eigenvalue weighted by Crippen LogP contribution is -2.27. The SMILES string of the molecule is CCn1ccnc1CNC(=O)c1nc(C)c(-c2ncco2)nc1N. The van der Waals surface area contributed by atoms with E-state index in [4.69, 9.17) is 10.2 Å². The summed E-state index contributed by atoms with van der Waals surface area (Å²) in [4.78, 5) is 29.0. The van der Waals surface area contributed by atoms with E-state index >= 15 is 0 Å². The molecule has 124 valence electrons. The topological polar surface area (TPSA) is 125 Å². The van der Waals surface area contributed by atoms with Gasteiger partial charge in [-0.25, -0.2) is 19.9 Å². The van der Waals surface area contributed by atoms with Crippen molar-refractivity contribution in [1.29, 1.82) is 0 Å². The predicted octanol–water partition coefficient (Wildman–Crippen LogP) is 1.17. The van der Waals surface area contributed by atoms with Crippen molar-refractivity contribution in [3.8, 4) is 11.6 Å². The Morgan fingerprint density at radius 3 is 2.88 bits per heavy atom. The first kappa shape index (κ1) is 15.7. The second-order valence-electron chi connectivity index (χ2n) is 5.04. The second kappa shape index (κ2) is 6.49. The molecule has 0 aromatic carbocycles. The molecule has 0 aliphatic rings. The maximum absolute atomic E-state index is 12.3. The number of aromatic nitrogens is 5. The predicted molar refractivity (Wildman–Crippen MR) is 85.7 cm³/mol. The van der Waals surface area contributed by atoms with Crippen molar-refractivity contribution >= 4 is 11.7 Å². The zero-order valence-electron chi connectivity index (χ0n) is 13.4. The van der Waals surface area contributed by atoms with Crippen molar-refractivity contribution in [2.24, 2.45) is 0 Å². The minimum Gasteiger partial charge on any atom is -0.443 e. The Morgan fingerprint density at radius 1 is 1.33 bits per heavy atom. The van der Waals surface area contributed by atoms with E-state index in [-0.39, 0.29) is 18.1 Å². The van der Waals surface area contributed by atoms with Gasteiger partial charge in [-0.15, -0.1) is 0 Å². The normalized spacial score (nSPS) is 10.8. The molecular formula is C15H17N7O2. The molecule has 1 amide bonds. The van der Waals surface area contributed by atoms with Crippen molar-refractivity contribution in [3.63, 3.8) is 0 Å². The summed E-state index contributed by atoms with van der Waals surface area (Å²) in [7, 11) is 0. The molecular weight excluding hydrogens is 310 g/mol. The Kier molecular flexibility index (Phi) is 4.23. The largest absolute Gasteiger partial charge is 0.443 e. The fourth-order valence-electron chi connectivity index (χ4n) is 2.28. The van der Waals surface area contributed by atoms with Gasteiger partial charge < -0.3 is 20.0 Å². The maximum atomic E-state index is 12.3. The first-order valence-electron chi connectivity index (χ1n) is 7.42. The van der Waals surface area contributed by atoms with Gasteiger partial charge in [0.15, 0.2) is 11.5 Å². The van der Waals surface area contributed by atoms with Gasteiger partial charge >= 0.3 is 0 Å². The molecule has 0 aliphatic carbocycles. The number of aryl methyl sites for hydroxylation is 2. The molecule has 9 nitrogen and oxygen atoms in total. The molecule has 0 spiro atoms. The summed E-state index contributed by atoms with van der Waals surface area (Å²) in [6, 6.07) is 0. The van der Waals surface area contributed by atoms with Crippen LogP contribution < -0.4 is 11.1 Å². The smallest absolute Gasteiger partial charge is 0.274 e. The number of hydrogen-bond acceptors (Lipinski definition) is 7. The van der Waals surface area contributed by atoms with E-state index < -0.39 is 5.91 Å². The third-order valence-corrected chi connectivity index (χ3v) is 3.50. The summed E-state index contributed by atoms with van der Waals surface area (Å²) in [5.74, 6) is 0.673. The number of carbonyl (C=O) groups excluding carboxylic acids is 1. The Hall–Kier alpha value is -3.23. The van der Waals surface area contributed by atoms with Gasteiger partial charge in [-0.2, -0.15) is 0 Å². The average Bonchev–Trinajstić information content (AvgIpc) is 3.25. The summed E-state index contributed by atoms with van der Waals surface area (Å²) in [5, 5.41) is 2.75. The minimum absolute atomic E-state index is 0.0186. The van der Waals surface area contributed by atoms with E-state index in [2.05, 4.69) is 25.3 Å². The minimum atomic E-state index is -0.410. The summed E-state index contributed by atoms with van der Waals surface area (Å²) < 4.78 is 7.13. The molecule has 24 heavy (non-hydrogen) atoms. The highest BCUT2D eigenvalue weighted by Crippen LogP contribution is 2.20. The van der Waals surface area contributed by atoms with Gasteiger partial charge in [0.05, 0.1) is 18.4 Å². The fourth-order valence-corrected chi connectivity index (χ4v) is 2.28. The number of hydrogen-bond donors (Lipinski definition) is 2. The number of nitrogens with one attached hydrogen (secondary N) is 1. The van der Waals surface area contributed by atoms with Crippen LogP contribution in [0.3, 0.4) is 0 Å². The zero-order chi connectivity index (χ0) is 17.1. The molecule has 3 heterocycles. The number of nitrogen functional groups attached to an aromatic ring is 1. The molecule has 0 saturated carbocycles. The quantitative estimate of drug-likeness (QED) is 0.720. The van der Waals surface area contributed by atoms with Gasteiger partial charge in [0.2, 0.25) is 5.89 Å². The van der Waals surface area contributed by atoms with Crippen LogP contribution in [-0.2, 0) is 13.1 Å². The summed E-state index contributed by atoms with van der Waals surface area (Å²) in [5.41, 5.74) is 6.86. The highest BCUT2D eigenvalue weighted by molar-refractivity contribution is 5.96. The molecule has 0 bridgehead atoms. The highest BCUT2D eigenvalue weighted by Gasteiger charge is 2.19. The molecule has 3 aromatic rings. The number of nitrogens with zero attached hydrogens (tertiary/aromatic N) is 5. The standard InChI is InChI=1S/C15H17N7O2/c1-3-22-6-4-17-10(22)8-19-14(23)12-13(16)21-11(9(2)20-12)15-18-5-7-24-15/h4-7H,3,8H2,1-2H3,(H2,16,21)(H,19,23). The second-order valence-corrected chi connectivity index (χ2v) is 5.04. The number of rotatable bonds is 5. The van der Waals surface area contributed by atoms with E-state index in [9.17, 15) is 4.79 Å². The van der Waals surface area contributed by atoms with Crippen LogP contribution >= 0.6 is 0 Å². The number of imidazole rings is 1. The van der Waals surface area contributed by atoms with Crippen molar-refractivity contribution in [2.45, 2.75) is 26.9 Å². The molecule has 9 heteroatoms. The monoisotopic (exact) mass is 327 g/mol. The molecule has 0 aliphatic heterocycles. The zero-order valence-corrected chi connectivity index (χ0v) is 13.4. The Balaban J connectivity index is 1.79. The molecule has 0 fully saturated rings. The molecule has 3 rings (SSSR count). The van der Waals surface area contributed by atoms with Crippen molar-refractivity contribution in [1.82, 2.24) is 29.8 Å². The van der Waals surface area contributed by atoms with Gasteiger partial charge in [0, 0.05) is 18.9 Å². The third-order valence-electron chi connectivity index (χ3n) is 3.50. The van der Waals surface area contributed by atoms with Crippen LogP contribution in [0.1, 0.15) is 28.9 Å². The number of amides is 1. The summed E-state index contributed by atoms with van der Waals surface area (Å²) >= 11 is 0. The Bertz CT molecular complexity index is 855. The lowest BCUT2D eigenvalue weighted by molar-refractivity contribution is 0.0945. The number of carbonyl (C=O) groups is 1. The van der Waals surface area contributed by atoms with Gasteiger partial charge in [0.25, 0.3) is 5.91 Å². The lowest BCUT2D eigenvalue weighted by Gasteiger charge is -2.09. The Morgan fingerprint density at radius 2 is 2.17 bits per heavy atom. The van der Waals surface area contributed by atoms with Crippen LogP contribution in [0, 0.1) is 6.92 Å². The number of nitrogens with two attached hydrogens (primary N) is 1. The summed E-state index contributed by atoms with van der Waals surface area (Å²) in [6.45, 7) is 4.77. The lowest BCUT2D eigenvalue weighted by atomic mass is 10.2. The van der Waals surface area contributed by atoms with E-state index in [0.717, 1.165) is 12.4 Å². The molecule has 0 saturated heterocycles. The van der Waals surface area contributed by atoms with E-state index in [1.807, 2.05) is 17.7 Å². The fraction of sp³-hybridized carbons (Fsp3) is 0.267. The summed E-state index contributed by atoms with van der Waals surface area (Å²) in [6.07, 6.45) is 6.48. The van der Waals surface area contributed by atoms with Gasteiger partial charge in [0.1, 0.15) is 17.8 Å². The van der Waals surface area contributed by atoms with E-state index in [1.165, 1.54) is 12.5 Å². The number of anilines is 1. The molecule has 3 N–H and O–H groups in total. The molecule has 3 aromatic heterocycles. The van der Waals surface area contributed by atoms with Crippen LogP contribution in [-0.4, -0.2) is 30.4 Å². The van der Waals surface area contributed by atoms with E-state index in [1.54, 1.807) is 13.1 Å². The van der Waals surface area contributed by atoms with Gasteiger partial charge in [-0.1, -0.05) is 0 Å². The first-order valence-corrected chi connectivity index (χ1v) is 7.42. The molecule has 0 unspecified atom stereocenters. The van der Waals surface area contributed by atoms with Crippen LogP contribution in [0.25, 0.3) is 11.6 Å². The molecule has 0 radical (unpaired) electrons. The van der Waals surface area contributed by atoms with Gasteiger partial charge in [-0.3, -0.25) is 4.79 Å². The molecule has 0 atom stereocenters. The van der Waals surface area contributed by atoms with Crippen molar-refractivity contribution < 1.29 is 9.21 Å². The van der Waals surface area contributed by atoms with Crippen LogP contribution in [0.15, 0.2) is 29.3 Å². The van der Waals surface area contributed by atoms with Crippen molar-refractivity contribution in [3.05, 3.63) is 42.1 Å². The van der Waals surface area contributed by atoms with Crippen LogP contribution in [0.5, 0.6) is 0 Å². The van der Waals surface area contributed by atoms with E-state index in [0.29, 0.717) is 17.3 Å². The average molecular weight is 327 g/mol. The third kappa shape index (κ3) is 2.96. The highest BCUT2D eigenvalue weighted by atomic mass is 16.3. The van der Waals surface area contributed by atoms with Crippen LogP contribution in [0.4, 0.5) is 5.82 Å². The maximum Gasteiger partial charge on any atom is 0.274 e. The first-order chi connectivity index (χ1) is 11.6. The van der Waals surface area contributed by atoms with Gasteiger partial charge in [-0.05, 0) is 13.8 Å².